The molecular weight excluding hydrogens is 286 g/mol. The number of nitrogens with zero attached hydrogens (tertiary/aromatic N) is 5. The zero-order chi connectivity index (χ0) is 15.1. The van der Waals surface area contributed by atoms with Gasteiger partial charge in [0.15, 0.2) is 5.65 Å². The first kappa shape index (κ1) is 14.1. The van der Waals surface area contributed by atoms with Crippen molar-refractivity contribution < 1.29 is 0 Å². The molecule has 0 aliphatic heterocycles. The van der Waals surface area contributed by atoms with Crippen LogP contribution in [0.15, 0.2) is 18.3 Å². The van der Waals surface area contributed by atoms with Gasteiger partial charge in [0.2, 0.25) is 0 Å². The van der Waals surface area contributed by atoms with Gasteiger partial charge in [0.25, 0.3) is 0 Å². The van der Waals surface area contributed by atoms with Crippen LogP contribution in [-0.4, -0.2) is 24.3 Å². The lowest BCUT2D eigenvalue weighted by Gasteiger charge is -2.09. The fourth-order valence-corrected chi connectivity index (χ4v) is 2.71. The quantitative estimate of drug-likeness (QED) is 0.698. The summed E-state index contributed by atoms with van der Waals surface area (Å²) in [6.07, 6.45) is 2.03. The van der Waals surface area contributed by atoms with E-state index in [-0.39, 0.29) is 5.38 Å². The molecule has 21 heavy (non-hydrogen) atoms. The topological polar surface area (TPSA) is 48.5 Å². The maximum Gasteiger partial charge on any atom is 0.160 e. The Bertz CT molecular complexity index is 800. The van der Waals surface area contributed by atoms with E-state index in [2.05, 4.69) is 19.6 Å². The van der Waals surface area contributed by atoms with Crippen molar-refractivity contribution in [2.45, 2.75) is 32.7 Å². The normalized spacial score (nSPS) is 13.0. The van der Waals surface area contributed by atoms with Crippen LogP contribution < -0.4 is 0 Å². The fraction of sp³-hybridized carbons (Fsp3) is 0.400. The summed E-state index contributed by atoms with van der Waals surface area (Å²) in [7, 11) is 1.93. The highest BCUT2D eigenvalue weighted by atomic mass is 35.5. The molecular formula is C15H18ClN5. The molecule has 1 unspecified atom stereocenters. The molecule has 0 bridgehead atoms. The summed E-state index contributed by atoms with van der Waals surface area (Å²) in [5, 5.41) is 4.22. The molecule has 3 rings (SSSR count). The van der Waals surface area contributed by atoms with Crippen molar-refractivity contribution in [3.63, 3.8) is 0 Å². The van der Waals surface area contributed by atoms with Crippen LogP contribution in [0.1, 0.15) is 35.1 Å². The van der Waals surface area contributed by atoms with Gasteiger partial charge in [-0.2, -0.15) is 5.10 Å². The molecule has 0 fully saturated rings. The van der Waals surface area contributed by atoms with Gasteiger partial charge in [0.1, 0.15) is 11.3 Å². The number of imidazole rings is 1. The van der Waals surface area contributed by atoms with E-state index < -0.39 is 0 Å². The minimum atomic E-state index is -0.170. The van der Waals surface area contributed by atoms with E-state index in [9.17, 15) is 0 Å². The molecule has 110 valence electrons. The second-order valence-corrected chi connectivity index (χ2v) is 6.04. The molecule has 0 aliphatic carbocycles. The number of fused-ring (bicyclic) bond motifs is 1. The molecule has 0 radical (unpaired) electrons. The van der Waals surface area contributed by atoms with E-state index in [1.165, 1.54) is 0 Å². The molecule has 0 N–H and O–H groups in total. The molecule has 0 saturated heterocycles. The zero-order valence-corrected chi connectivity index (χ0v) is 13.4. The van der Waals surface area contributed by atoms with Gasteiger partial charge < -0.3 is 4.57 Å². The molecule has 0 aliphatic rings. The van der Waals surface area contributed by atoms with Crippen LogP contribution >= 0.6 is 11.6 Å². The number of aromatic nitrogens is 5. The Morgan fingerprint density at radius 3 is 2.62 bits per heavy atom. The van der Waals surface area contributed by atoms with E-state index in [4.69, 9.17) is 11.6 Å². The largest absolute Gasteiger partial charge is 0.307 e. The summed E-state index contributed by atoms with van der Waals surface area (Å²) in [5.74, 6) is 0.841. The van der Waals surface area contributed by atoms with Crippen molar-refractivity contribution in [3.05, 3.63) is 41.1 Å². The Kier molecular flexibility index (Phi) is 3.45. The van der Waals surface area contributed by atoms with E-state index in [0.717, 1.165) is 33.9 Å². The second kappa shape index (κ2) is 5.15. The van der Waals surface area contributed by atoms with Gasteiger partial charge >= 0.3 is 0 Å². The van der Waals surface area contributed by atoms with Gasteiger partial charge in [-0.15, -0.1) is 11.6 Å². The molecule has 3 heterocycles. The van der Waals surface area contributed by atoms with Crippen LogP contribution in [-0.2, 0) is 13.6 Å². The van der Waals surface area contributed by atoms with E-state index in [0.29, 0.717) is 6.54 Å². The SMILES string of the molecule is Cc1ccc2nc(C(C)Cl)n(Cc3cn(C)nc3C)c2n1. The van der Waals surface area contributed by atoms with Gasteiger partial charge in [0, 0.05) is 24.5 Å². The summed E-state index contributed by atoms with van der Waals surface area (Å²) in [6, 6.07) is 3.96. The molecule has 5 nitrogen and oxygen atoms in total. The lowest BCUT2D eigenvalue weighted by Crippen LogP contribution is -2.07. The smallest absolute Gasteiger partial charge is 0.160 e. The summed E-state index contributed by atoms with van der Waals surface area (Å²) in [6.45, 7) is 6.61. The second-order valence-electron chi connectivity index (χ2n) is 5.38. The number of halogens is 1. The summed E-state index contributed by atoms with van der Waals surface area (Å²) >= 11 is 6.30. The third-order valence-corrected chi connectivity index (χ3v) is 3.76. The Morgan fingerprint density at radius 2 is 2.00 bits per heavy atom. The van der Waals surface area contributed by atoms with Gasteiger partial charge in [-0.3, -0.25) is 4.68 Å². The maximum atomic E-state index is 6.30. The minimum absolute atomic E-state index is 0.170. The highest BCUT2D eigenvalue weighted by Crippen LogP contribution is 2.25. The van der Waals surface area contributed by atoms with Crippen molar-refractivity contribution in [2.24, 2.45) is 7.05 Å². The summed E-state index contributed by atoms with van der Waals surface area (Å²) in [5.41, 5.74) is 4.89. The Labute approximate surface area is 128 Å². The molecule has 0 saturated carbocycles. The lowest BCUT2D eigenvalue weighted by atomic mass is 10.2. The van der Waals surface area contributed by atoms with Crippen LogP contribution in [0.4, 0.5) is 0 Å². The third-order valence-electron chi connectivity index (χ3n) is 3.56. The van der Waals surface area contributed by atoms with Crippen LogP contribution in [0.2, 0.25) is 0 Å². The van der Waals surface area contributed by atoms with Gasteiger partial charge in [-0.25, -0.2) is 9.97 Å². The van der Waals surface area contributed by atoms with Crippen LogP contribution in [0, 0.1) is 13.8 Å². The van der Waals surface area contributed by atoms with Gasteiger partial charge in [-0.1, -0.05) is 0 Å². The highest BCUT2D eigenvalue weighted by molar-refractivity contribution is 6.20. The molecule has 6 heteroatoms. The number of hydrogen-bond acceptors (Lipinski definition) is 3. The lowest BCUT2D eigenvalue weighted by molar-refractivity contribution is 0.731. The number of aryl methyl sites for hydroxylation is 3. The predicted octanol–water partition coefficient (Wildman–Crippen LogP) is 3.13. The molecule has 3 aromatic heterocycles. The highest BCUT2D eigenvalue weighted by Gasteiger charge is 2.17. The molecule has 0 amide bonds. The Balaban J connectivity index is 2.17. The van der Waals surface area contributed by atoms with Crippen molar-refractivity contribution in [1.82, 2.24) is 24.3 Å². The maximum absolute atomic E-state index is 6.30. The number of hydrogen-bond donors (Lipinski definition) is 0. The third kappa shape index (κ3) is 2.53. The zero-order valence-electron chi connectivity index (χ0n) is 12.6. The van der Waals surface area contributed by atoms with Crippen molar-refractivity contribution in [3.8, 4) is 0 Å². The van der Waals surface area contributed by atoms with E-state index in [1.807, 2.05) is 50.8 Å². The molecule has 0 aromatic carbocycles. The summed E-state index contributed by atoms with van der Waals surface area (Å²) < 4.78 is 3.91. The average molecular weight is 304 g/mol. The van der Waals surface area contributed by atoms with Crippen molar-refractivity contribution in [2.75, 3.05) is 0 Å². The number of alkyl halides is 1. The van der Waals surface area contributed by atoms with Crippen molar-refractivity contribution >= 4 is 22.8 Å². The predicted molar refractivity (Wildman–Crippen MR) is 83.6 cm³/mol. The van der Waals surface area contributed by atoms with Gasteiger partial charge in [0.05, 0.1) is 17.6 Å². The Hall–Kier alpha value is -1.88. The first-order valence-electron chi connectivity index (χ1n) is 6.92. The average Bonchev–Trinajstić information content (AvgIpc) is 2.91. The van der Waals surface area contributed by atoms with E-state index in [1.54, 1.807) is 0 Å². The monoisotopic (exact) mass is 303 g/mol. The van der Waals surface area contributed by atoms with Gasteiger partial charge in [-0.05, 0) is 32.9 Å². The standard InChI is InChI=1S/C15H18ClN5/c1-9-5-6-13-15(17-9)21(14(18-13)10(2)16)8-12-7-20(4)19-11(12)3/h5-7,10H,8H2,1-4H3. The molecule has 3 aromatic rings. The van der Waals surface area contributed by atoms with Crippen molar-refractivity contribution in [1.29, 1.82) is 0 Å². The summed E-state index contributed by atoms with van der Waals surface area (Å²) in [4.78, 5) is 9.25. The van der Waals surface area contributed by atoms with Crippen LogP contribution in [0.3, 0.4) is 0 Å². The molecule has 0 spiro atoms. The van der Waals surface area contributed by atoms with Crippen LogP contribution in [0.5, 0.6) is 0 Å². The molecule has 1 atom stereocenters. The van der Waals surface area contributed by atoms with E-state index >= 15 is 0 Å². The number of pyridine rings is 1. The number of rotatable bonds is 3. The van der Waals surface area contributed by atoms with Crippen LogP contribution in [0.25, 0.3) is 11.2 Å². The first-order chi connectivity index (χ1) is 9.95. The first-order valence-corrected chi connectivity index (χ1v) is 7.36. The Morgan fingerprint density at radius 1 is 1.24 bits per heavy atom. The fourth-order valence-electron chi connectivity index (χ4n) is 2.55. The minimum Gasteiger partial charge on any atom is -0.307 e.